The summed E-state index contributed by atoms with van der Waals surface area (Å²) < 4.78 is 33.1. The van der Waals surface area contributed by atoms with Crippen molar-refractivity contribution in [2.75, 3.05) is 0 Å². The molecule has 0 unspecified atom stereocenters. The quantitative estimate of drug-likeness (QED) is 0.687. The third-order valence-corrected chi connectivity index (χ3v) is 2.12. The average Bonchev–Trinajstić information content (AvgIpc) is 1.94. The molecule has 0 heterocycles. The van der Waals surface area contributed by atoms with Crippen molar-refractivity contribution < 1.29 is 12.8 Å². The molecule has 0 aliphatic carbocycles. The molecule has 0 spiro atoms. The van der Waals surface area contributed by atoms with Crippen LogP contribution in [0.5, 0.6) is 0 Å². The summed E-state index contributed by atoms with van der Waals surface area (Å²) in [7, 11) is -2.72. The monoisotopic (exact) mass is 194 g/mol. The van der Waals surface area contributed by atoms with E-state index in [2.05, 4.69) is 0 Å². The minimum atomic E-state index is -2.72. The van der Waals surface area contributed by atoms with Crippen LogP contribution in [0.1, 0.15) is 0 Å². The summed E-state index contributed by atoms with van der Waals surface area (Å²) in [6, 6.07) is 3.34. The van der Waals surface area contributed by atoms with Gasteiger partial charge >= 0.3 is 0 Å². The lowest BCUT2D eigenvalue weighted by molar-refractivity contribution is 0.606. The molecule has 0 radical (unpaired) electrons. The van der Waals surface area contributed by atoms with Crippen molar-refractivity contribution in [2.24, 2.45) is 0 Å². The SMILES string of the molecule is O=[SH](=O)c1ccc(Cl)c(F)c1. The normalized spacial score (nSPS) is 10.5. The fourth-order valence-corrected chi connectivity index (χ4v) is 1.13. The van der Waals surface area contributed by atoms with E-state index in [1.807, 2.05) is 0 Å². The Balaban J connectivity index is 3.26. The molecule has 1 rings (SSSR count). The van der Waals surface area contributed by atoms with Crippen LogP contribution < -0.4 is 0 Å². The van der Waals surface area contributed by atoms with Gasteiger partial charge in [0, 0.05) is 0 Å². The molecule has 2 nitrogen and oxygen atoms in total. The van der Waals surface area contributed by atoms with E-state index in [1.165, 1.54) is 12.1 Å². The molecule has 0 saturated heterocycles. The number of hydrogen-bond acceptors (Lipinski definition) is 2. The van der Waals surface area contributed by atoms with Crippen LogP contribution >= 0.6 is 11.6 Å². The van der Waals surface area contributed by atoms with Crippen LogP contribution in [0.25, 0.3) is 0 Å². The fraction of sp³-hybridized carbons (Fsp3) is 0. The van der Waals surface area contributed by atoms with E-state index in [9.17, 15) is 12.8 Å². The van der Waals surface area contributed by atoms with Crippen molar-refractivity contribution in [2.45, 2.75) is 4.90 Å². The Bertz CT molecular complexity index is 340. The summed E-state index contributed by atoms with van der Waals surface area (Å²) in [6.07, 6.45) is 0. The van der Waals surface area contributed by atoms with Gasteiger partial charge in [-0.2, -0.15) is 0 Å². The second-order valence-electron chi connectivity index (χ2n) is 1.86. The molecule has 0 atom stereocenters. The Hall–Kier alpha value is -0.610. The van der Waals surface area contributed by atoms with E-state index >= 15 is 0 Å². The van der Waals surface area contributed by atoms with Gasteiger partial charge in [0.2, 0.25) is 0 Å². The highest BCUT2D eigenvalue weighted by Gasteiger charge is 2.01. The van der Waals surface area contributed by atoms with Crippen LogP contribution in [0.3, 0.4) is 0 Å². The standard InChI is InChI=1S/C6H4ClFO2S/c7-5-2-1-4(11(9)10)3-6(5)8/h1-3,11H. The predicted octanol–water partition coefficient (Wildman–Crippen LogP) is 1.45. The van der Waals surface area contributed by atoms with E-state index in [0.29, 0.717) is 0 Å². The lowest BCUT2D eigenvalue weighted by Crippen LogP contribution is -1.82. The number of halogens is 2. The summed E-state index contributed by atoms with van der Waals surface area (Å²) >= 11 is 5.31. The highest BCUT2D eigenvalue weighted by molar-refractivity contribution is 7.72. The Morgan fingerprint density at radius 2 is 2.00 bits per heavy atom. The molecule has 0 fully saturated rings. The third-order valence-electron chi connectivity index (χ3n) is 1.11. The molecule has 1 aromatic carbocycles. The van der Waals surface area contributed by atoms with Gasteiger partial charge < -0.3 is 0 Å². The van der Waals surface area contributed by atoms with Crippen LogP contribution in [0.15, 0.2) is 23.1 Å². The second kappa shape index (κ2) is 3.19. The smallest absolute Gasteiger partial charge is 0.168 e. The maximum Gasteiger partial charge on any atom is 0.168 e. The highest BCUT2D eigenvalue weighted by Crippen LogP contribution is 2.15. The summed E-state index contributed by atoms with van der Waals surface area (Å²) in [5.41, 5.74) is 0. The molecule has 0 saturated carbocycles. The number of benzene rings is 1. The maximum absolute atomic E-state index is 12.5. The Labute approximate surface area is 69.6 Å². The fourth-order valence-electron chi connectivity index (χ4n) is 0.599. The Morgan fingerprint density at radius 3 is 2.45 bits per heavy atom. The first-order valence-electron chi connectivity index (χ1n) is 2.70. The molecule has 60 valence electrons. The molecule has 5 heteroatoms. The Morgan fingerprint density at radius 1 is 1.36 bits per heavy atom. The van der Waals surface area contributed by atoms with E-state index in [1.54, 1.807) is 0 Å². The van der Waals surface area contributed by atoms with Crippen molar-refractivity contribution in [3.63, 3.8) is 0 Å². The van der Waals surface area contributed by atoms with Crippen LogP contribution in [0, 0.1) is 5.82 Å². The van der Waals surface area contributed by atoms with E-state index < -0.39 is 16.5 Å². The molecule has 0 aliphatic rings. The van der Waals surface area contributed by atoms with Crippen LogP contribution in [0.4, 0.5) is 4.39 Å². The van der Waals surface area contributed by atoms with Gasteiger partial charge in [0.25, 0.3) is 0 Å². The summed E-state index contributed by atoms with van der Waals surface area (Å²) in [4.78, 5) is -0.0677. The zero-order valence-electron chi connectivity index (χ0n) is 5.25. The Kier molecular flexibility index (Phi) is 2.46. The summed E-state index contributed by atoms with van der Waals surface area (Å²) in [5, 5.41) is -0.0781. The molecule has 0 aromatic heterocycles. The first-order chi connectivity index (χ1) is 5.11. The van der Waals surface area contributed by atoms with Crippen LogP contribution in [0.2, 0.25) is 5.02 Å². The zero-order chi connectivity index (χ0) is 8.43. The highest BCUT2D eigenvalue weighted by atomic mass is 35.5. The molecular weight excluding hydrogens is 191 g/mol. The summed E-state index contributed by atoms with van der Waals surface area (Å²) in [5.74, 6) is -0.719. The van der Waals surface area contributed by atoms with Gasteiger partial charge in [0.05, 0.1) is 9.92 Å². The maximum atomic E-state index is 12.5. The molecule has 11 heavy (non-hydrogen) atoms. The number of thiol groups is 1. The van der Waals surface area contributed by atoms with Gasteiger partial charge in [-0.25, -0.2) is 12.8 Å². The molecule has 0 bridgehead atoms. The van der Waals surface area contributed by atoms with Crippen molar-refractivity contribution in [1.29, 1.82) is 0 Å². The lowest BCUT2D eigenvalue weighted by Gasteiger charge is -1.92. The van der Waals surface area contributed by atoms with Gasteiger partial charge in [-0.1, -0.05) is 11.6 Å². The summed E-state index contributed by atoms with van der Waals surface area (Å²) in [6.45, 7) is 0. The van der Waals surface area contributed by atoms with Gasteiger partial charge in [0.15, 0.2) is 10.7 Å². The lowest BCUT2D eigenvalue weighted by atomic mass is 10.3. The van der Waals surface area contributed by atoms with Crippen molar-refractivity contribution in [1.82, 2.24) is 0 Å². The topological polar surface area (TPSA) is 34.1 Å². The van der Waals surface area contributed by atoms with Crippen molar-refractivity contribution in [3.05, 3.63) is 29.0 Å². The average molecular weight is 195 g/mol. The number of hydrogen-bond donors (Lipinski definition) is 1. The van der Waals surface area contributed by atoms with E-state index in [-0.39, 0.29) is 9.92 Å². The van der Waals surface area contributed by atoms with E-state index in [0.717, 1.165) is 6.07 Å². The minimum Gasteiger partial charge on any atom is -0.227 e. The molecule has 1 aromatic rings. The zero-order valence-corrected chi connectivity index (χ0v) is 6.90. The predicted molar refractivity (Wildman–Crippen MR) is 40.0 cm³/mol. The number of rotatable bonds is 1. The van der Waals surface area contributed by atoms with Crippen molar-refractivity contribution >= 4 is 22.3 Å². The van der Waals surface area contributed by atoms with E-state index in [4.69, 9.17) is 11.6 Å². The van der Waals surface area contributed by atoms with Crippen molar-refractivity contribution in [3.8, 4) is 0 Å². The first kappa shape index (κ1) is 8.49. The molecular formula is C6H4ClFO2S. The van der Waals surface area contributed by atoms with Gasteiger partial charge in [-0.15, -0.1) is 0 Å². The first-order valence-corrected chi connectivity index (χ1v) is 4.26. The third kappa shape index (κ3) is 1.91. The van der Waals surface area contributed by atoms with Gasteiger partial charge in [0.1, 0.15) is 5.82 Å². The largest absolute Gasteiger partial charge is 0.227 e. The second-order valence-corrected chi connectivity index (χ2v) is 3.29. The molecule has 0 amide bonds. The minimum absolute atomic E-state index is 0.0677. The van der Waals surface area contributed by atoms with Crippen LogP contribution in [-0.2, 0) is 10.7 Å². The molecule has 0 aliphatic heterocycles. The van der Waals surface area contributed by atoms with Gasteiger partial charge in [-0.3, -0.25) is 0 Å². The van der Waals surface area contributed by atoms with Gasteiger partial charge in [-0.05, 0) is 18.2 Å². The van der Waals surface area contributed by atoms with Crippen LogP contribution in [-0.4, -0.2) is 8.42 Å². The molecule has 0 N–H and O–H groups in total.